The van der Waals surface area contributed by atoms with E-state index in [-0.39, 0.29) is 18.5 Å². The topological polar surface area (TPSA) is 63.6 Å². The molecule has 0 spiro atoms. The van der Waals surface area contributed by atoms with Crippen LogP contribution >= 0.6 is 0 Å². The third kappa shape index (κ3) is 13.4. The molecular weight excluding hydrogens is 376 g/mol. The first-order chi connectivity index (χ1) is 14.5. The Hall–Kier alpha value is -1.84. The van der Waals surface area contributed by atoms with Crippen molar-refractivity contribution in [3.05, 3.63) is 35.4 Å². The van der Waals surface area contributed by atoms with E-state index in [1.165, 1.54) is 50.2 Å². The molecule has 1 aromatic carbocycles. The van der Waals surface area contributed by atoms with Gasteiger partial charge < -0.3 is 9.84 Å². The largest absolute Gasteiger partial charge is 0.481 e. The van der Waals surface area contributed by atoms with E-state index in [4.69, 9.17) is 9.84 Å². The molecule has 0 aliphatic rings. The lowest BCUT2D eigenvalue weighted by Gasteiger charge is -2.17. The molecule has 0 amide bonds. The summed E-state index contributed by atoms with van der Waals surface area (Å²) in [5.74, 6) is -0.885. The molecule has 4 heteroatoms. The van der Waals surface area contributed by atoms with Crippen LogP contribution in [0.15, 0.2) is 24.3 Å². The molecule has 1 aromatic rings. The van der Waals surface area contributed by atoms with Crippen molar-refractivity contribution in [1.82, 2.24) is 0 Å². The third-order valence-electron chi connectivity index (χ3n) is 5.64. The van der Waals surface area contributed by atoms with E-state index in [1.807, 2.05) is 0 Å². The number of ether oxygens (including phenoxy) is 1. The number of esters is 1. The summed E-state index contributed by atoms with van der Waals surface area (Å²) >= 11 is 0. The van der Waals surface area contributed by atoms with Gasteiger partial charge in [0.25, 0.3) is 0 Å². The first-order valence-electron chi connectivity index (χ1n) is 12.0. The fourth-order valence-electron chi connectivity index (χ4n) is 3.97. The molecule has 4 nitrogen and oxygen atoms in total. The molecule has 170 valence electrons. The van der Waals surface area contributed by atoms with E-state index in [0.717, 1.165) is 57.8 Å². The lowest BCUT2D eigenvalue weighted by Crippen LogP contribution is -2.16. The van der Waals surface area contributed by atoms with Crippen molar-refractivity contribution in [3.63, 3.8) is 0 Å². The van der Waals surface area contributed by atoms with Gasteiger partial charge in [0, 0.05) is 13.3 Å². The molecule has 0 saturated carbocycles. The Morgan fingerprint density at radius 2 is 1.37 bits per heavy atom. The van der Waals surface area contributed by atoms with Crippen LogP contribution in [-0.4, -0.2) is 23.1 Å². The summed E-state index contributed by atoms with van der Waals surface area (Å²) in [6.45, 7) is 3.74. The minimum atomic E-state index is -0.716. The maximum Gasteiger partial charge on any atom is 0.303 e. The summed E-state index contributed by atoms with van der Waals surface area (Å²) in [6, 6.07) is 8.49. The summed E-state index contributed by atoms with van der Waals surface area (Å²) in [5.41, 5.74) is 2.71. The smallest absolute Gasteiger partial charge is 0.303 e. The molecular formula is C26H42O4. The number of carboxylic acid groups (broad SMARTS) is 1. The summed E-state index contributed by atoms with van der Waals surface area (Å²) in [6.07, 6.45) is 15.5. The van der Waals surface area contributed by atoms with Crippen LogP contribution in [0.4, 0.5) is 0 Å². The van der Waals surface area contributed by atoms with E-state index < -0.39 is 5.97 Å². The fraction of sp³-hybridized carbons (Fsp3) is 0.692. The van der Waals surface area contributed by atoms with Crippen LogP contribution in [0, 0.1) is 0 Å². The van der Waals surface area contributed by atoms with Crippen LogP contribution in [0.1, 0.15) is 108 Å². The summed E-state index contributed by atoms with van der Waals surface area (Å²) < 4.78 is 5.55. The Labute approximate surface area is 183 Å². The van der Waals surface area contributed by atoms with Gasteiger partial charge in [0.15, 0.2) is 0 Å². The normalized spacial score (nSPS) is 11.9. The number of rotatable bonds is 18. The van der Waals surface area contributed by atoms with Crippen molar-refractivity contribution in [2.75, 3.05) is 0 Å². The lowest BCUT2D eigenvalue weighted by atomic mass is 9.96. The van der Waals surface area contributed by atoms with E-state index in [9.17, 15) is 9.59 Å². The van der Waals surface area contributed by atoms with Gasteiger partial charge in [-0.25, -0.2) is 0 Å². The number of carboxylic acids is 1. The highest BCUT2D eigenvalue weighted by Gasteiger charge is 2.12. The molecule has 0 aliphatic carbocycles. The van der Waals surface area contributed by atoms with E-state index in [1.54, 1.807) is 0 Å². The Bertz CT molecular complexity index is 596. The van der Waals surface area contributed by atoms with Gasteiger partial charge in [-0.15, -0.1) is 0 Å². The standard InChI is InChI=1S/C26H42O4/c1-3-4-5-6-7-8-19-25(30-22(2)27)20-13-11-17-23-15-9-10-16-24(23)18-12-14-21-26(28)29/h9-10,15-16,25H,3-8,11-14,17-21H2,1-2H3,(H,28,29). The number of unbranched alkanes of at least 4 members (excludes halogenated alkanes) is 7. The fourth-order valence-corrected chi connectivity index (χ4v) is 3.97. The number of carbonyl (C=O) groups is 2. The molecule has 1 rings (SSSR count). The number of hydrogen-bond donors (Lipinski definition) is 1. The minimum absolute atomic E-state index is 0.0555. The molecule has 0 heterocycles. The summed E-state index contributed by atoms with van der Waals surface area (Å²) in [4.78, 5) is 22.1. The molecule has 0 radical (unpaired) electrons. The zero-order valence-electron chi connectivity index (χ0n) is 19.2. The number of aliphatic carboxylic acids is 1. The maximum absolute atomic E-state index is 11.4. The minimum Gasteiger partial charge on any atom is -0.481 e. The van der Waals surface area contributed by atoms with Crippen LogP contribution in [0.3, 0.4) is 0 Å². The number of benzene rings is 1. The second-order valence-corrected chi connectivity index (χ2v) is 8.40. The highest BCUT2D eigenvalue weighted by Crippen LogP contribution is 2.19. The molecule has 0 fully saturated rings. The average Bonchev–Trinajstić information content (AvgIpc) is 2.71. The molecule has 0 aliphatic heterocycles. The number of aryl methyl sites for hydroxylation is 2. The van der Waals surface area contributed by atoms with Gasteiger partial charge in [-0.05, 0) is 68.9 Å². The molecule has 0 aromatic heterocycles. The Kier molecular flexibility index (Phi) is 14.8. The van der Waals surface area contributed by atoms with Crippen molar-refractivity contribution < 1.29 is 19.4 Å². The highest BCUT2D eigenvalue weighted by atomic mass is 16.5. The SMILES string of the molecule is CCCCCCCCC(CCCCc1ccccc1CCCCC(=O)O)OC(C)=O. The van der Waals surface area contributed by atoms with Crippen LogP contribution in [0.25, 0.3) is 0 Å². The van der Waals surface area contributed by atoms with E-state index in [2.05, 4.69) is 31.2 Å². The van der Waals surface area contributed by atoms with Crippen LogP contribution < -0.4 is 0 Å². The van der Waals surface area contributed by atoms with Gasteiger partial charge in [0.2, 0.25) is 0 Å². The van der Waals surface area contributed by atoms with Crippen molar-refractivity contribution >= 4 is 11.9 Å². The molecule has 30 heavy (non-hydrogen) atoms. The molecule has 1 N–H and O–H groups in total. The van der Waals surface area contributed by atoms with Crippen LogP contribution in [0.2, 0.25) is 0 Å². The molecule has 1 atom stereocenters. The Morgan fingerprint density at radius 3 is 1.93 bits per heavy atom. The van der Waals surface area contributed by atoms with Gasteiger partial charge in [0.05, 0.1) is 0 Å². The molecule has 0 bridgehead atoms. The zero-order chi connectivity index (χ0) is 22.0. The Morgan fingerprint density at radius 1 is 0.833 bits per heavy atom. The second-order valence-electron chi connectivity index (χ2n) is 8.40. The van der Waals surface area contributed by atoms with Crippen LogP contribution in [0.5, 0.6) is 0 Å². The van der Waals surface area contributed by atoms with Crippen molar-refractivity contribution in [2.45, 2.75) is 116 Å². The monoisotopic (exact) mass is 418 g/mol. The highest BCUT2D eigenvalue weighted by molar-refractivity contribution is 5.66. The van der Waals surface area contributed by atoms with Crippen LogP contribution in [-0.2, 0) is 27.2 Å². The number of carbonyl (C=O) groups excluding carboxylic acids is 1. The quantitative estimate of drug-likeness (QED) is 0.208. The van der Waals surface area contributed by atoms with Crippen molar-refractivity contribution in [1.29, 1.82) is 0 Å². The molecule has 0 saturated heterocycles. The maximum atomic E-state index is 11.4. The third-order valence-corrected chi connectivity index (χ3v) is 5.64. The summed E-state index contributed by atoms with van der Waals surface area (Å²) in [7, 11) is 0. The Balaban J connectivity index is 2.34. The first-order valence-corrected chi connectivity index (χ1v) is 12.0. The van der Waals surface area contributed by atoms with Gasteiger partial charge >= 0.3 is 11.9 Å². The van der Waals surface area contributed by atoms with Crippen molar-refractivity contribution in [3.8, 4) is 0 Å². The second kappa shape index (κ2) is 16.9. The average molecular weight is 419 g/mol. The van der Waals surface area contributed by atoms with Gasteiger partial charge in [-0.2, -0.15) is 0 Å². The molecule has 1 unspecified atom stereocenters. The van der Waals surface area contributed by atoms with Gasteiger partial charge in [-0.3, -0.25) is 9.59 Å². The number of hydrogen-bond acceptors (Lipinski definition) is 3. The van der Waals surface area contributed by atoms with E-state index in [0.29, 0.717) is 0 Å². The van der Waals surface area contributed by atoms with Gasteiger partial charge in [-0.1, -0.05) is 63.3 Å². The van der Waals surface area contributed by atoms with E-state index >= 15 is 0 Å². The lowest BCUT2D eigenvalue weighted by molar-refractivity contribution is -0.147. The van der Waals surface area contributed by atoms with Crippen molar-refractivity contribution in [2.24, 2.45) is 0 Å². The zero-order valence-corrected chi connectivity index (χ0v) is 19.2. The van der Waals surface area contributed by atoms with Gasteiger partial charge in [0.1, 0.15) is 6.10 Å². The predicted octanol–water partition coefficient (Wildman–Crippen LogP) is 6.88. The summed E-state index contributed by atoms with van der Waals surface area (Å²) in [5, 5.41) is 8.78. The predicted molar refractivity (Wildman–Crippen MR) is 123 cm³/mol. The first kappa shape index (κ1) is 26.2.